The largest absolute Gasteiger partial charge is 0.393 e. The molecule has 1 N–H and O–H groups in total. The highest BCUT2D eigenvalue weighted by Crippen LogP contribution is 2.63. The minimum absolute atomic E-state index is 0.0221. The van der Waals surface area contributed by atoms with Gasteiger partial charge in [0.15, 0.2) is 0 Å². The molecule has 116 valence electrons. The Bertz CT molecular complexity index is 455. The van der Waals surface area contributed by atoms with Crippen molar-refractivity contribution >= 4 is 0 Å². The maximum absolute atomic E-state index is 9.97. The molecule has 4 rings (SSSR count). The number of nitriles is 1. The molecule has 0 aliphatic heterocycles. The zero-order valence-electron chi connectivity index (χ0n) is 13.3. The van der Waals surface area contributed by atoms with Crippen LogP contribution < -0.4 is 0 Å². The molecule has 0 aromatic heterocycles. The molecule has 4 aliphatic carbocycles. The highest BCUT2D eigenvalue weighted by molar-refractivity contribution is 5.10. The van der Waals surface area contributed by atoms with Gasteiger partial charge in [-0.1, -0.05) is 6.92 Å². The summed E-state index contributed by atoms with van der Waals surface area (Å²) in [5.41, 5.74) is 0.316. The molecule has 0 heterocycles. The summed E-state index contributed by atoms with van der Waals surface area (Å²) in [6.07, 6.45) is 11.1. The zero-order valence-corrected chi connectivity index (χ0v) is 13.3. The van der Waals surface area contributed by atoms with Gasteiger partial charge in [0, 0.05) is 0 Å². The molecule has 4 fully saturated rings. The Morgan fingerprint density at radius 2 is 1.76 bits per heavy atom. The molecule has 21 heavy (non-hydrogen) atoms. The normalized spacial score (nSPS) is 56.0. The second-order valence-electron chi connectivity index (χ2n) is 8.71. The molecule has 4 aliphatic rings. The van der Waals surface area contributed by atoms with Crippen LogP contribution in [0.2, 0.25) is 0 Å². The van der Waals surface area contributed by atoms with Crippen molar-refractivity contribution in [2.45, 2.75) is 70.8 Å². The van der Waals surface area contributed by atoms with E-state index in [2.05, 4.69) is 13.0 Å². The van der Waals surface area contributed by atoms with E-state index in [1.807, 2.05) is 0 Å². The third-order valence-corrected chi connectivity index (χ3v) is 8.08. The van der Waals surface area contributed by atoms with Crippen LogP contribution >= 0.6 is 0 Å². The van der Waals surface area contributed by atoms with E-state index in [4.69, 9.17) is 0 Å². The van der Waals surface area contributed by atoms with Gasteiger partial charge in [-0.2, -0.15) is 5.26 Å². The van der Waals surface area contributed by atoms with Crippen molar-refractivity contribution in [2.75, 3.05) is 0 Å². The SMILES string of the molecule is C[C@]12CC[C@H]3[C@@H](CC[C@H]4C[C@H](O)CC[C@@H]43)[C@@H]1CC[C@@H]2C#N. The predicted molar refractivity (Wildman–Crippen MR) is 82.2 cm³/mol. The smallest absolute Gasteiger partial charge is 0.0661 e. The highest BCUT2D eigenvalue weighted by atomic mass is 16.3. The van der Waals surface area contributed by atoms with Crippen molar-refractivity contribution in [3.8, 4) is 6.07 Å². The summed E-state index contributed by atoms with van der Waals surface area (Å²) >= 11 is 0. The highest BCUT2D eigenvalue weighted by Gasteiger charge is 2.57. The average molecular weight is 287 g/mol. The lowest BCUT2D eigenvalue weighted by Gasteiger charge is -2.55. The van der Waals surface area contributed by atoms with Gasteiger partial charge in [0.1, 0.15) is 0 Å². The molecule has 0 saturated heterocycles. The van der Waals surface area contributed by atoms with E-state index in [-0.39, 0.29) is 6.10 Å². The summed E-state index contributed by atoms with van der Waals surface area (Å²) in [6.45, 7) is 2.42. The number of rotatable bonds is 0. The Hall–Kier alpha value is -0.550. The molecule has 8 atom stereocenters. The minimum Gasteiger partial charge on any atom is -0.393 e. The van der Waals surface area contributed by atoms with Crippen LogP contribution in [0.3, 0.4) is 0 Å². The van der Waals surface area contributed by atoms with Crippen LogP contribution in [0.25, 0.3) is 0 Å². The van der Waals surface area contributed by atoms with Crippen molar-refractivity contribution in [2.24, 2.45) is 40.9 Å². The van der Waals surface area contributed by atoms with Gasteiger partial charge in [-0.15, -0.1) is 0 Å². The first-order valence-corrected chi connectivity index (χ1v) is 9.21. The van der Waals surface area contributed by atoms with Crippen LogP contribution in [0.1, 0.15) is 64.7 Å². The van der Waals surface area contributed by atoms with E-state index in [0.717, 1.165) is 48.9 Å². The topological polar surface area (TPSA) is 44.0 Å². The van der Waals surface area contributed by atoms with E-state index in [9.17, 15) is 10.4 Å². The molecule has 0 spiro atoms. The van der Waals surface area contributed by atoms with Crippen LogP contribution in [-0.2, 0) is 0 Å². The van der Waals surface area contributed by atoms with E-state index in [0.29, 0.717) is 11.3 Å². The Labute approximate surface area is 128 Å². The number of fused-ring (bicyclic) bond motifs is 5. The summed E-state index contributed by atoms with van der Waals surface area (Å²) in [5, 5.41) is 19.5. The van der Waals surface area contributed by atoms with Gasteiger partial charge in [-0.05, 0) is 92.8 Å². The Kier molecular flexibility index (Phi) is 3.34. The van der Waals surface area contributed by atoms with Crippen LogP contribution in [-0.4, -0.2) is 11.2 Å². The monoisotopic (exact) mass is 287 g/mol. The fourth-order valence-corrected chi connectivity index (χ4v) is 7.04. The van der Waals surface area contributed by atoms with Crippen molar-refractivity contribution < 1.29 is 5.11 Å². The molecule has 0 unspecified atom stereocenters. The first kappa shape index (κ1) is 14.1. The maximum Gasteiger partial charge on any atom is 0.0661 e. The number of aliphatic hydroxyl groups is 1. The lowest BCUT2D eigenvalue weighted by atomic mass is 9.50. The molecule has 0 radical (unpaired) electrons. The fourth-order valence-electron chi connectivity index (χ4n) is 7.04. The minimum atomic E-state index is -0.0221. The van der Waals surface area contributed by atoms with Crippen molar-refractivity contribution in [3.63, 3.8) is 0 Å². The number of hydrogen-bond donors (Lipinski definition) is 1. The molecule has 2 heteroatoms. The molecule has 0 bridgehead atoms. The van der Waals surface area contributed by atoms with Crippen LogP contribution in [0.5, 0.6) is 0 Å². The third-order valence-electron chi connectivity index (χ3n) is 8.08. The van der Waals surface area contributed by atoms with Crippen molar-refractivity contribution in [3.05, 3.63) is 0 Å². The van der Waals surface area contributed by atoms with Crippen molar-refractivity contribution in [1.82, 2.24) is 0 Å². The van der Waals surface area contributed by atoms with E-state index in [1.165, 1.54) is 38.5 Å². The van der Waals surface area contributed by atoms with Gasteiger partial charge in [-0.3, -0.25) is 0 Å². The Morgan fingerprint density at radius 3 is 2.57 bits per heavy atom. The molecular weight excluding hydrogens is 258 g/mol. The Balaban J connectivity index is 1.57. The van der Waals surface area contributed by atoms with E-state index >= 15 is 0 Å². The van der Waals surface area contributed by atoms with Gasteiger partial charge in [-0.25, -0.2) is 0 Å². The second-order valence-corrected chi connectivity index (χ2v) is 8.71. The molecule has 4 saturated carbocycles. The zero-order chi connectivity index (χ0) is 14.6. The van der Waals surface area contributed by atoms with Gasteiger partial charge >= 0.3 is 0 Å². The van der Waals surface area contributed by atoms with Crippen LogP contribution in [0, 0.1) is 52.3 Å². The summed E-state index contributed by atoms with van der Waals surface area (Å²) in [6, 6.07) is 2.63. The lowest BCUT2D eigenvalue weighted by molar-refractivity contribution is -0.0727. The number of aliphatic hydroxyl groups excluding tert-OH is 1. The molecular formula is C19H29NO. The molecule has 0 aromatic rings. The standard InChI is InChI=1S/C19H29NO/c1-19-9-8-16-15-6-4-14(21)10-12(15)2-5-17(16)18(19)7-3-13(19)11-20/h12-18,21H,2-10H2,1H3/t12-,13+,14+,15-,16+,17+,18-,19+/m0/s1. The van der Waals surface area contributed by atoms with Gasteiger partial charge in [0.05, 0.1) is 18.1 Å². The van der Waals surface area contributed by atoms with Crippen LogP contribution in [0.15, 0.2) is 0 Å². The van der Waals surface area contributed by atoms with E-state index < -0.39 is 0 Å². The van der Waals surface area contributed by atoms with Gasteiger partial charge in [0.25, 0.3) is 0 Å². The average Bonchev–Trinajstić information content (AvgIpc) is 2.83. The van der Waals surface area contributed by atoms with Crippen LogP contribution in [0.4, 0.5) is 0 Å². The molecule has 0 amide bonds. The second kappa shape index (κ2) is 4.98. The number of nitrogens with zero attached hydrogens (tertiary/aromatic N) is 1. The van der Waals surface area contributed by atoms with Gasteiger partial charge in [0.2, 0.25) is 0 Å². The fraction of sp³-hybridized carbons (Fsp3) is 0.947. The van der Waals surface area contributed by atoms with E-state index in [1.54, 1.807) is 0 Å². The van der Waals surface area contributed by atoms with Crippen molar-refractivity contribution in [1.29, 1.82) is 5.26 Å². The van der Waals surface area contributed by atoms with Gasteiger partial charge < -0.3 is 5.11 Å². The summed E-state index contributed by atoms with van der Waals surface area (Å²) in [4.78, 5) is 0. The summed E-state index contributed by atoms with van der Waals surface area (Å²) < 4.78 is 0. The first-order valence-electron chi connectivity index (χ1n) is 9.21. The molecule has 2 nitrogen and oxygen atoms in total. The lowest BCUT2D eigenvalue weighted by Crippen LogP contribution is -2.48. The quantitative estimate of drug-likeness (QED) is 0.727. The third kappa shape index (κ3) is 2.00. The summed E-state index contributed by atoms with van der Waals surface area (Å²) in [7, 11) is 0. The predicted octanol–water partition coefficient (Wildman–Crippen LogP) is 4.14. The first-order chi connectivity index (χ1) is 10.1. The molecule has 0 aromatic carbocycles. The number of hydrogen-bond acceptors (Lipinski definition) is 2. The summed E-state index contributed by atoms with van der Waals surface area (Å²) in [5.74, 6) is 4.61. The Morgan fingerprint density at radius 1 is 0.952 bits per heavy atom. The maximum atomic E-state index is 9.97.